The van der Waals surface area contributed by atoms with Crippen LogP contribution in [0, 0.1) is 0 Å². The molecule has 4 rings (SSSR count). The van der Waals surface area contributed by atoms with E-state index >= 15 is 0 Å². The van der Waals surface area contributed by atoms with Crippen LogP contribution in [-0.2, 0) is 19.7 Å². The first kappa shape index (κ1) is 21.0. The normalized spacial score (nSPS) is 21.1. The van der Waals surface area contributed by atoms with Crippen molar-refractivity contribution >= 4 is 29.4 Å². The van der Waals surface area contributed by atoms with Crippen molar-refractivity contribution < 1.29 is 19.1 Å². The molecule has 1 unspecified atom stereocenters. The summed E-state index contributed by atoms with van der Waals surface area (Å²) in [6.07, 6.45) is 3.96. The van der Waals surface area contributed by atoms with Gasteiger partial charge in [0.15, 0.2) is 0 Å². The standard InChI is InChI=1S/C25H28N2O4/c1-6-30-23(29)18-9-12-21-20(15-18)24(2,3)25(27(21)16-22(28)31-25)14-13-17-7-10-19(11-8-17)26(4)5/h7-15H,6,16H2,1-5H3. The number of benzene rings is 2. The molecule has 1 atom stereocenters. The first-order valence-electron chi connectivity index (χ1n) is 10.5. The highest BCUT2D eigenvalue weighted by molar-refractivity contribution is 5.92. The second kappa shape index (κ2) is 7.45. The summed E-state index contributed by atoms with van der Waals surface area (Å²) in [5.41, 5.74) is 2.96. The zero-order valence-corrected chi connectivity index (χ0v) is 18.6. The molecule has 162 valence electrons. The minimum atomic E-state index is -0.958. The molecule has 0 bridgehead atoms. The van der Waals surface area contributed by atoms with E-state index in [1.807, 2.05) is 74.2 Å². The van der Waals surface area contributed by atoms with Gasteiger partial charge in [-0.2, -0.15) is 0 Å². The van der Waals surface area contributed by atoms with Gasteiger partial charge in [-0.1, -0.05) is 18.2 Å². The molecule has 6 heteroatoms. The predicted molar refractivity (Wildman–Crippen MR) is 121 cm³/mol. The Kier molecular flexibility index (Phi) is 5.04. The Bertz CT molecular complexity index is 1060. The maximum atomic E-state index is 12.4. The number of nitrogens with zero attached hydrogens (tertiary/aromatic N) is 2. The van der Waals surface area contributed by atoms with Crippen LogP contribution in [0.15, 0.2) is 48.5 Å². The van der Waals surface area contributed by atoms with E-state index in [4.69, 9.17) is 9.47 Å². The molecule has 2 aliphatic heterocycles. The van der Waals surface area contributed by atoms with Crippen molar-refractivity contribution in [3.8, 4) is 0 Å². The number of rotatable bonds is 5. The van der Waals surface area contributed by atoms with Gasteiger partial charge in [0.2, 0.25) is 5.72 Å². The van der Waals surface area contributed by atoms with Crippen molar-refractivity contribution in [2.75, 3.05) is 37.0 Å². The molecule has 2 aromatic rings. The maximum Gasteiger partial charge on any atom is 0.338 e. The molecular weight excluding hydrogens is 392 g/mol. The SMILES string of the molecule is CCOC(=O)c1ccc2c(c1)C(C)(C)C1(C=Cc3ccc(N(C)C)cc3)OC(=O)CN21. The van der Waals surface area contributed by atoms with Gasteiger partial charge in [-0.3, -0.25) is 4.79 Å². The van der Waals surface area contributed by atoms with Gasteiger partial charge < -0.3 is 19.3 Å². The molecule has 0 N–H and O–H groups in total. The van der Waals surface area contributed by atoms with E-state index in [1.54, 1.807) is 13.0 Å². The van der Waals surface area contributed by atoms with Crippen LogP contribution in [0.4, 0.5) is 11.4 Å². The van der Waals surface area contributed by atoms with Gasteiger partial charge in [-0.05, 0) is 68.3 Å². The fourth-order valence-corrected chi connectivity index (χ4v) is 4.47. The average molecular weight is 421 g/mol. The van der Waals surface area contributed by atoms with Crippen LogP contribution in [0.25, 0.3) is 6.08 Å². The highest BCUT2D eigenvalue weighted by Crippen LogP contribution is 2.55. The Hall–Kier alpha value is -3.28. The highest BCUT2D eigenvalue weighted by atomic mass is 16.6. The molecule has 0 radical (unpaired) electrons. The Balaban J connectivity index is 1.74. The maximum absolute atomic E-state index is 12.4. The number of anilines is 2. The summed E-state index contributed by atoms with van der Waals surface area (Å²) < 4.78 is 11.1. The topological polar surface area (TPSA) is 59.1 Å². The summed E-state index contributed by atoms with van der Waals surface area (Å²) in [6, 6.07) is 13.7. The van der Waals surface area contributed by atoms with Gasteiger partial charge >= 0.3 is 11.9 Å². The number of hydrogen-bond acceptors (Lipinski definition) is 6. The molecule has 1 saturated heterocycles. The number of esters is 2. The summed E-state index contributed by atoms with van der Waals surface area (Å²) in [6.45, 7) is 6.36. The fourth-order valence-electron chi connectivity index (χ4n) is 4.47. The lowest BCUT2D eigenvalue weighted by Crippen LogP contribution is -2.51. The van der Waals surface area contributed by atoms with Crippen LogP contribution in [0.1, 0.15) is 42.3 Å². The summed E-state index contributed by atoms with van der Waals surface area (Å²) in [5.74, 6) is -0.614. The predicted octanol–water partition coefficient (Wildman–Crippen LogP) is 3.99. The van der Waals surface area contributed by atoms with Crippen molar-refractivity contribution in [1.29, 1.82) is 0 Å². The van der Waals surface area contributed by atoms with Crippen molar-refractivity contribution in [3.05, 3.63) is 65.2 Å². The second-order valence-corrected chi connectivity index (χ2v) is 8.65. The van der Waals surface area contributed by atoms with Gasteiger partial charge in [0.1, 0.15) is 6.54 Å². The van der Waals surface area contributed by atoms with Gasteiger partial charge in [0.05, 0.1) is 17.6 Å². The minimum Gasteiger partial charge on any atom is -0.462 e. The van der Waals surface area contributed by atoms with Crippen LogP contribution in [0.3, 0.4) is 0 Å². The molecule has 0 aliphatic carbocycles. The number of carbonyl (C=O) groups excluding carboxylic acids is 2. The Morgan fingerprint density at radius 3 is 2.55 bits per heavy atom. The van der Waals surface area contributed by atoms with E-state index in [9.17, 15) is 9.59 Å². The molecule has 1 fully saturated rings. The Morgan fingerprint density at radius 2 is 1.90 bits per heavy atom. The largest absolute Gasteiger partial charge is 0.462 e. The molecular formula is C25H28N2O4. The third-order valence-electron chi connectivity index (χ3n) is 6.24. The van der Waals surface area contributed by atoms with E-state index in [0.29, 0.717) is 12.2 Å². The van der Waals surface area contributed by atoms with Crippen LogP contribution < -0.4 is 9.80 Å². The van der Waals surface area contributed by atoms with Crippen molar-refractivity contribution in [3.63, 3.8) is 0 Å². The Morgan fingerprint density at radius 1 is 1.19 bits per heavy atom. The molecule has 2 aliphatic rings. The fraction of sp³-hybridized carbons (Fsp3) is 0.360. The quantitative estimate of drug-likeness (QED) is 0.682. The first-order valence-corrected chi connectivity index (χ1v) is 10.5. The van der Waals surface area contributed by atoms with Gasteiger partial charge in [0.25, 0.3) is 0 Å². The number of hydrogen-bond donors (Lipinski definition) is 0. The van der Waals surface area contributed by atoms with Gasteiger partial charge in [0, 0.05) is 25.5 Å². The minimum absolute atomic E-state index is 0.166. The van der Waals surface area contributed by atoms with Crippen LogP contribution in [0.5, 0.6) is 0 Å². The summed E-state index contributed by atoms with van der Waals surface area (Å²) in [4.78, 5) is 28.7. The number of fused-ring (bicyclic) bond motifs is 3. The molecule has 6 nitrogen and oxygen atoms in total. The van der Waals surface area contributed by atoms with Gasteiger partial charge in [-0.15, -0.1) is 0 Å². The van der Waals surface area contributed by atoms with Crippen molar-refractivity contribution in [1.82, 2.24) is 0 Å². The molecule has 0 saturated carbocycles. The molecule has 31 heavy (non-hydrogen) atoms. The summed E-state index contributed by atoms with van der Waals surface area (Å²) in [5, 5.41) is 0. The lowest BCUT2D eigenvalue weighted by molar-refractivity contribution is -0.147. The lowest BCUT2D eigenvalue weighted by atomic mass is 9.77. The first-order chi connectivity index (χ1) is 14.7. The molecule has 2 aromatic carbocycles. The zero-order chi connectivity index (χ0) is 22.4. The van der Waals surface area contributed by atoms with E-state index in [2.05, 4.69) is 12.1 Å². The van der Waals surface area contributed by atoms with Crippen LogP contribution in [0.2, 0.25) is 0 Å². The van der Waals surface area contributed by atoms with Crippen LogP contribution >= 0.6 is 0 Å². The highest BCUT2D eigenvalue weighted by Gasteiger charge is 2.62. The van der Waals surface area contributed by atoms with Crippen molar-refractivity contribution in [2.45, 2.75) is 31.9 Å². The van der Waals surface area contributed by atoms with Crippen LogP contribution in [-0.4, -0.2) is 44.9 Å². The number of ether oxygens (including phenoxy) is 2. The smallest absolute Gasteiger partial charge is 0.338 e. The molecule has 0 spiro atoms. The monoisotopic (exact) mass is 420 g/mol. The third-order valence-corrected chi connectivity index (χ3v) is 6.24. The molecule has 0 aromatic heterocycles. The van der Waals surface area contributed by atoms with E-state index in [1.165, 1.54) is 0 Å². The molecule has 2 heterocycles. The second-order valence-electron chi connectivity index (χ2n) is 8.65. The third kappa shape index (κ3) is 3.26. The summed E-state index contributed by atoms with van der Waals surface area (Å²) in [7, 11) is 4.00. The lowest BCUT2D eigenvalue weighted by Gasteiger charge is -2.38. The Labute approximate surface area is 183 Å². The van der Waals surface area contributed by atoms with Crippen molar-refractivity contribution in [2.24, 2.45) is 0 Å². The van der Waals surface area contributed by atoms with E-state index < -0.39 is 11.1 Å². The zero-order valence-electron chi connectivity index (χ0n) is 18.6. The molecule has 0 amide bonds. The van der Waals surface area contributed by atoms with E-state index in [-0.39, 0.29) is 18.5 Å². The summed E-state index contributed by atoms with van der Waals surface area (Å²) >= 11 is 0. The number of carbonyl (C=O) groups is 2. The van der Waals surface area contributed by atoms with E-state index in [0.717, 1.165) is 22.5 Å². The average Bonchev–Trinajstić information content (AvgIpc) is 3.17. The van der Waals surface area contributed by atoms with Gasteiger partial charge in [-0.25, -0.2) is 4.79 Å².